The van der Waals surface area contributed by atoms with Crippen molar-refractivity contribution in [2.45, 2.75) is 38.3 Å². The molecule has 2 nitrogen and oxygen atoms in total. The minimum atomic E-state index is 0.150. The second-order valence-corrected chi connectivity index (χ2v) is 5.74. The molecule has 2 heteroatoms. The second-order valence-electron chi connectivity index (χ2n) is 5.74. The van der Waals surface area contributed by atoms with Gasteiger partial charge in [-0.1, -0.05) is 48.0 Å². The van der Waals surface area contributed by atoms with Gasteiger partial charge in [-0.15, -0.1) is 0 Å². The molecule has 0 aliphatic carbocycles. The Morgan fingerprint density at radius 2 is 1.90 bits per heavy atom. The average molecular weight is 267 g/mol. The number of rotatable bonds is 4. The molecule has 0 aromatic heterocycles. The largest absolute Gasteiger partial charge is 0.490 e. The van der Waals surface area contributed by atoms with Crippen molar-refractivity contribution in [3.05, 3.63) is 65.2 Å². The molecule has 104 valence electrons. The standard InChI is InChI=1S/C18H21NO/c1-13-6-8-14(9-7-13)10-16(19)12-17-11-15-4-2-3-5-18(15)20-17/h2-9,16-17H,10-12,19H2,1H3. The summed E-state index contributed by atoms with van der Waals surface area (Å²) < 4.78 is 5.95. The van der Waals surface area contributed by atoms with Crippen LogP contribution in [0, 0.1) is 6.92 Å². The maximum atomic E-state index is 6.28. The van der Waals surface area contributed by atoms with Crippen molar-refractivity contribution in [3.63, 3.8) is 0 Å². The average Bonchev–Trinajstić information content (AvgIpc) is 2.83. The van der Waals surface area contributed by atoms with E-state index in [-0.39, 0.29) is 12.1 Å². The number of ether oxygens (including phenoxy) is 1. The predicted octanol–water partition coefficient (Wildman–Crippen LogP) is 3.26. The van der Waals surface area contributed by atoms with Crippen LogP contribution < -0.4 is 10.5 Å². The highest BCUT2D eigenvalue weighted by atomic mass is 16.5. The Bertz CT molecular complexity index is 551. The van der Waals surface area contributed by atoms with Crippen molar-refractivity contribution in [2.75, 3.05) is 0 Å². The first kappa shape index (κ1) is 13.2. The van der Waals surface area contributed by atoms with Crippen LogP contribution in [0.5, 0.6) is 5.75 Å². The van der Waals surface area contributed by atoms with E-state index < -0.39 is 0 Å². The predicted molar refractivity (Wildman–Crippen MR) is 82.0 cm³/mol. The molecule has 0 saturated heterocycles. The SMILES string of the molecule is Cc1ccc(CC(N)CC2Cc3ccccc3O2)cc1. The summed E-state index contributed by atoms with van der Waals surface area (Å²) in [7, 11) is 0. The summed E-state index contributed by atoms with van der Waals surface area (Å²) in [6, 6.07) is 17.0. The van der Waals surface area contributed by atoms with Gasteiger partial charge in [0.2, 0.25) is 0 Å². The molecule has 2 N–H and O–H groups in total. The van der Waals surface area contributed by atoms with E-state index >= 15 is 0 Å². The Balaban J connectivity index is 1.55. The van der Waals surface area contributed by atoms with E-state index in [1.807, 2.05) is 12.1 Å². The zero-order valence-electron chi connectivity index (χ0n) is 11.9. The molecule has 0 fully saturated rings. The highest BCUT2D eigenvalue weighted by Crippen LogP contribution is 2.30. The summed E-state index contributed by atoms with van der Waals surface area (Å²) in [6.45, 7) is 2.10. The van der Waals surface area contributed by atoms with Gasteiger partial charge in [0.25, 0.3) is 0 Å². The number of hydrogen-bond donors (Lipinski definition) is 1. The van der Waals surface area contributed by atoms with Crippen LogP contribution in [0.2, 0.25) is 0 Å². The van der Waals surface area contributed by atoms with Gasteiger partial charge in [-0.05, 0) is 30.5 Å². The van der Waals surface area contributed by atoms with Crippen LogP contribution in [0.3, 0.4) is 0 Å². The van der Waals surface area contributed by atoms with Gasteiger partial charge >= 0.3 is 0 Å². The molecule has 20 heavy (non-hydrogen) atoms. The number of para-hydroxylation sites is 1. The molecule has 2 atom stereocenters. The Kier molecular flexibility index (Phi) is 3.75. The summed E-state index contributed by atoms with van der Waals surface area (Å²) >= 11 is 0. The first-order valence-electron chi connectivity index (χ1n) is 7.26. The van der Waals surface area contributed by atoms with E-state index in [4.69, 9.17) is 10.5 Å². The fourth-order valence-electron chi connectivity index (χ4n) is 2.83. The van der Waals surface area contributed by atoms with Gasteiger partial charge in [0, 0.05) is 18.9 Å². The molecular weight excluding hydrogens is 246 g/mol. The molecule has 1 aliphatic rings. The number of fused-ring (bicyclic) bond motifs is 1. The Morgan fingerprint density at radius 3 is 2.65 bits per heavy atom. The van der Waals surface area contributed by atoms with Gasteiger partial charge in [-0.3, -0.25) is 0 Å². The van der Waals surface area contributed by atoms with Gasteiger partial charge in [0.05, 0.1) is 0 Å². The van der Waals surface area contributed by atoms with E-state index in [2.05, 4.69) is 43.3 Å². The lowest BCUT2D eigenvalue weighted by atomic mass is 9.98. The van der Waals surface area contributed by atoms with Crippen LogP contribution in [-0.4, -0.2) is 12.1 Å². The van der Waals surface area contributed by atoms with Crippen molar-refractivity contribution >= 4 is 0 Å². The van der Waals surface area contributed by atoms with Gasteiger partial charge in [0.1, 0.15) is 11.9 Å². The maximum Gasteiger partial charge on any atom is 0.123 e. The molecule has 0 spiro atoms. The molecule has 3 rings (SSSR count). The molecule has 1 aliphatic heterocycles. The molecular formula is C18H21NO. The quantitative estimate of drug-likeness (QED) is 0.923. The third-order valence-electron chi connectivity index (χ3n) is 3.90. The molecule has 2 aromatic rings. The van der Waals surface area contributed by atoms with Gasteiger partial charge in [-0.25, -0.2) is 0 Å². The maximum absolute atomic E-state index is 6.28. The molecule has 0 saturated carbocycles. The van der Waals surface area contributed by atoms with Crippen molar-refractivity contribution in [2.24, 2.45) is 5.73 Å². The first-order chi connectivity index (χ1) is 9.70. The third-order valence-corrected chi connectivity index (χ3v) is 3.90. The summed E-state index contributed by atoms with van der Waals surface area (Å²) in [5, 5.41) is 0. The molecule has 2 aromatic carbocycles. The third kappa shape index (κ3) is 3.02. The summed E-state index contributed by atoms with van der Waals surface area (Å²) in [6.07, 6.45) is 3.03. The van der Waals surface area contributed by atoms with E-state index in [0.29, 0.717) is 0 Å². The fourth-order valence-corrected chi connectivity index (χ4v) is 2.83. The topological polar surface area (TPSA) is 35.2 Å². The van der Waals surface area contributed by atoms with Gasteiger partial charge in [0.15, 0.2) is 0 Å². The van der Waals surface area contributed by atoms with Crippen LogP contribution in [0.15, 0.2) is 48.5 Å². The lowest BCUT2D eigenvalue weighted by Crippen LogP contribution is -2.30. The molecule has 0 radical (unpaired) electrons. The number of hydrogen-bond acceptors (Lipinski definition) is 2. The van der Waals surface area contributed by atoms with E-state index in [0.717, 1.165) is 25.0 Å². The normalized spacial score (nSPS) is 18.4. The summed E-state index contributed by atoms with van der Waals surface area (Å²) in [4.78, 5) is 0. The van der Waals surface area contributed by atoms with E-state index in [1.165, 1.54) is 16.7 Å². The number of aryl methyl sites for hydroxylation is 1. The minimum Gasteiger partial charge on any atom is -0.490 e. The molecule has 1 heterocycles. The smallest absolute Gasteiger partial charge is 0.123 e. The summed E-state index contributed by atoms with van der Waals surface area (Å²) in [5.41, 5.74) is 10.2. The molecule has 0 amide bonds. The highest BCUT2D eigenvalue weighted by Gasteiger charge is 2.24. The van der Waals surface area contributed by atoms with Crippen LogP contribution in [0.25, 0.3) is 0 Å². The van der Waals surface area contributed by atoms with Crippen molar-refractivity contribution in [3.8, 4) is 5.75 Å². The van der Waals surface area contributed by atoms with E-state index in [9.17, 15) is 0 Å². The zero-order valence-corrected chi connectivity index (χ0v) is 11.9. The number of benzene rings is 2. The summed E-state index contributed by atoms with van der Waals surface area (Å²) in [5.74, 6) is 1.03. The van der Waals surface area contributed by atoms with Crippen LogP contribution >= 0.6 is 0 Å². The first-order valence-corrected chi connectivity index (χ1v) is 7.26. The van der Waals surface area contributed by atoms with Crippen molar-refractivity contribution in [1.29, 1.82) is 0 Å². The van der Waals surface area contributed by atoms with Crippen LogP contribution in [-0.2, 0) is 12.8 Å². The molecule has 0 bridgehead atoms. The highest BCUT2D eigenvalue weighted by molar-refractivity contribution is 5.37. The second kappa shape index (κ2) is 5.68. The van der Waals surface area contributed by atoms with Crippen molar-refractivity contribution < 1.29 is 4.74 Å². The Morgan fingerprint density at radius 1 is 1.15 bits per heavy atom. The van der Waals surface area contributed by atoms with Crippen LogP contribution in [0.4, 0.5) is 0 Å². The molecule has 2 unspecified atom stereocenters. The lowest BCUT2D eigenvalue weighted by molar-refractivity contribution is 0.210. The monoisotopic (exact) mass is 267 g/mol. The Labute approximate surface area is 120 Å². The number of nitrogens with two attached hydrogens (primary N) is 1. The van der Waals surface area contributed by atoms with Gasteiger partial charge in [-0.2, -0.15) is 0 Å². The minimum absolute atomic E-state index is 0.150. The lowest BCUT2D eigenvalue weighted by Gasteiger charge is -2.17. The Hall–Kier alpha value is -1.80. The van der Waals surface area contributed by atoms with Crippen molar-refractivity contribution in [1.82, 2.24) is 0 Å². The van der Waals surface area contributed by atoms with Crippen LogP contribution in [0.1, 0.15) is 23.1 Å². The fraction of sp³-hybridized carbons (Fsp3) is 0.333. The van der Waals surface area contributed by atoms with Gasteiger partial charge < -0.3 is 10.5 Å². The van der Waals surface area contributed by atoms with E-state index in [1.54, 1.807) is 0 Å². The zero-order chi connectivity index (χ0) is 13.9.